The summed E-state index contributed by atoms with van der Waals surface area (Å²) in [6, 6.07) is 22.3. The van der Waals surface area contributed by atoms with Crippen LogP contribution in [0.25, 0.3) is 22.3 Å². The second kappa shape index (κ2) is 41.5. The average Bonchev–Trinajstić information content (AvgIpc) is 3.49. The van der Waals surface area contributed by atoms with E-state index in [4.69, 9.17) is 85.8 Å². The maximum atomic E-state index is 11.3. The maximum absolute atomic E-state index is 11.3. The van der Waals surface area contributed by atoms with Crippen molar-refractivity contribution in [2.45, 2.75) is 37.8 Å². The van der Waals surface area contributed by atoms with Gasteiger partial charge in [-0.3, -0.25) is 9.98 Å². The minimum atomic E-state index is -0.181. The first-order chi connectivity index (χ1) is 39.5. The fourth-order valence-electron chi connectivity index (χ4n) is 8.20. The van der Waals surface area contributed by atoms with Crippen LogP contribution in [0.3, 0.4) is 0 Å². The second-order valence-electron chi connectivity index (χ2n) is 18.0. The molecule has 1 saturated carbocycles. The van der Waals surface area contributed by atoms with Gasteiger partial charge in [0.1, 0.15) is 24.7 Å². The third-order valence-electron chi connectivity index (χ3n) is 12.4. The van der Waals surface area contributed by atoms with Gasteiger partial charge in [-0.15, -0.1) is 0 Å². The summed E-state index contributed by atoms with van der Waals surface area (Å²) in [7, 11) is 6.32. The first-order valence-corrected chi connectivity index (χ1v) is 27.5. The number of methoxy groups -OCH3 is 4. The molecule has 0 spiro atoms. The van der Waals surface area contributed by atoms with E-state index in [2.05, 4.69) is 0 Å². The van der Waals surface area contributed by atoms with E-state index in [1.807, 2.05) is 60.7 Å². The van der Waals surface area contributed by atoms with Gasteiger partial charge in [0.15, 0.2) is 23.0 Å². The number of para-hydroxylation sites is 2. The third-order valence-corrected chi connectivity index (χ3v) is 12.4. The Morgan fingerprint density at radius 2 is 0.662 bits per heavy atom. The lowest BCUT2D eigenvalue weighted by atomic mass is 9.91. The normalized spacial score (nSPS) is 14.6. The maximum Gasteiger partial charge on any atom is 0.166 e. The van der Waals surface area contributed by atoms with Crippen LogP contribution in [0.2, 0.25) is 0 Å². The monoisotopic (exact) mass is 1120 g/mol. The van der Waals surface area contributed by atoms with Crippen molar-refractivity contribution in [1.82, 2.24) is 0 Å². The van der Waals surface area contributed by atoms with Crippen molar-refractivity contribution in [2.75, 3.05) is 187 Å². The smallest absolute Gasteiger partial charge is 0.166 e. The van der Waals surface area contributed by atoms with Gasteiger partial charge in [0.25, 0.3) is 0 Å². The molecule has 1 aliphatic carbocycles. The molecule has 20 heteroatoms. The van der Waals surface area contributed by atoms with E-state index < -0.39 is 0 Å². The first-order valence-electron chi connectivity index (χ1n) is 27.5. The van der Waals surface area contributed by atoms with Crippen molar-refractivity contribution in [3.05, 3.63) is 83.9 Å². The van der Waals surface area contributed by atoms with Crippen LogP contribution in [-0.2, 0) is 56.8 Å². The van der Waals surface area contributed by atoms with Crippen LogP contribution in [0.5, 0.6) is 34.5 Å². The topological polar surface area (TPSA) is 213 Å². The molecule has 20 nitrogen and oxygen atoms in total. The highest BCUT2D eigenvalue weighted by Gasteiger charge is 2.24. The second-order valence-corrected chi connectivity index (χ2v) is 18.0. The highest BCUT2D eigenvalue weighted by Crippen LogP contribution is 2.40. The molecule has 5 rings (SSSR count). The molecule has 4 aromatic rings. The third kappa shape index (κ3) is 25.1. The Labute approximate surface area is 472 Å². The molecule has 0 bridgehead atoms. The SMILES string of the molecule is COCCOCCOCCOCCOCCOCCOc1ccccc1-c1cc(C=NC2CCCCC2N=Cc2cc(-c3ccccc3OCCOCCOCCOCCOCCOCCOC)cc(OC)c2O)c(O)c(OC)c1. The fraction of sp³-hybridized carbons (Fsp3) is 0.567. The predicted molar refractivity (Wildman–Crippen MR) is 304 cm³/mol. The van der Waals surface area contributed by atoms with Gasteiger partial charge in [-0.1, -0.05) is 49.2 Å². The molecular weight excluding hydrogens is 1040 g/mol. The van der Waals surface area contributed by atoms with Crippen LogP contribution in [0.1, 0.15) is 36.8 Å². The highest BCUT2D eigenvalue weighted by atomic mass is 16.6. The number of ether oxygens (including phenoxy) is 16. The van der Waals surface area contributed by atoms with Gasteiger partial charge in [0, 0.05) is 48.9 Å². The van der Waals surface area contributed by atoms with E-state index in [-0.39, 0.29) is 23.6 Å². The molecule has 0 heterocycles. The number of nitrogens with zero attached hydrogens (tertiary/aromatic N) is 2. The quantitative estimate of drug-likeness (QED) is 0.0324. The number of aromatic hydroxyl groups is 2. The molecule has 0 amide bonds. The molecule has 4 aromatic carbocycles. The van der Waals surface area contributed by atoms with E-state index in [1.54, 1.807) is 38.8 Å². The van der Waals surface area contributed by atoms with Gasteiger partial charge in [0.2, 0.25) is 0 Å². The van der Waals surface area contributed by atoms with E-state index in [0.29, 0.717) is 193 Å². The molecule has 0 radical (unpaired) electrons. The molecule has 1 aliphatic rings. The summed E-state index contributed by atoms with van der Waals surface area (Å²) >= 11 is 0. The zero-order chi connectivity index (χ0) is 56.5. The average molecular weight is 1120 g/mol. The molecule has 2 unspecified atom stereocenters. The van der Waals surface area contributed by atoms with Crippen molar-refractivity contribution in [2.24, 2.45) is 9.98 Å². The zero-order valence-corrected chi connectivity index (χ0v) is 47.4. The predicted octanol–water partition coefficient (Wildman–Crippen LogP) is 7.51. The molecule has 0 saturated heterocycles. The van der Waals surface area contributed by atoms with Gasteiger partial charge >= 0.3 is 0 Å². The summed E-state index contributed by atoms with van der Waals surface area (Å²) < 4.78 is 89.1. The molecule has 0 aliphatic heterocycles. The van der Waals surface area contributed by atoms with Gasteiger partial charge in [-0.05, 0) is 60.4 Å². The van der Waals surface area contributed by atoms with Crippen molar-refractivity contribution in [1.29, 1.82) is 0 Å². The van der Waals surface area contributed by atoms with E-state index in [9.17, 15) is 10.2 Å². The molecule has 444 valence electrons. The number of rotatable bonds is 46. The summed E-state index contributed by atoms with van der Waals surface area (Å²) in [5, 5.41) is 22.7. The van der Waals surface area contributed by atoms with Crippen LogP contribution in [0.4, 0.5) is 0 Å². The number of hydrogen-bond acceptors (Lipinski definition) is 20. The Morgan fingerprint density at radius 3 is 0.963 bits per heavy atom. The summed E-state index contributed by atoms with van der Waals surface area (Å²) in [5.41, 5.74) is 4.18. The molecule has 2 atom stereocenters. The Bertz CT molecular complexity index is 2160. The summed E-state index contributed by atoms with van der Waals surface area (Å²) in [5.74, 6) is 1.87. The first kappa shape index (κ1) is 65.4. The van der Waals surface area contributed by atoms with E-state index in [1.165, 1.54) is 14.2 Å². The minimum absolute atomic E-state index is 0.0236. The largest absolute Gasteiger partial charge is 0.504 e. The van der Waals surface area contributed by atoms with Crippen molar-refractivity contribution in [3.63, 3.8) is 0 Å². The van der Waals surface area contributed by atoms with Crippen molar-refractivity contribution in [3.8, 4) is 56.8 Å². The van der Waals surface area contributed by atoms with Gasteiger partial charge in [0.05, 0.1) is 172 Å². The van der Waals surface area contributed by atoms with Gasteiger partial charge in [-0.2, -0.15) is 0 Å². The highest BCUT2D eigenvalue weighted by molar-refractivity contribution is 5.90. The molecule has 2 N–H and O–H groups in total. The van der Waals surface area contributed by atoms with Gasteiger partial charge in [-0.25, -0.2) is 0 Å². The summed E-state index contributed by atoms with van der Waals surface area (Å²) in [4.78, 5) is 10.0. The number of hydrogen-bond donors (Lipinski definition) is 2. The lowest BCUT2D eigenvalue weighted by molar-refractivity contribution is -0.0159. The number of benzene rings is 4. The fourth-order valence-corrected chi connectivity index (χ4v) is 8.20. The number of phenols is 2. The minimum Gasteiger partial charge on any atom is -0.504 e. The lowest BCUT2D eigenvalue weighted by Crippen LogP contribution is -2.27. The Hall–Kier alpha value is -5.46. The Balaban J connectivity index is 1.08. The van der Waals surface area contributed by atoms with Crippen LogP contribution >= 0.6 is 0 Å². The van der Waals surface area contributed by atoms with Crippen LogP contribution < -0.4 is 18.9 Å². The van der Waals surface area contributed by atoms with E-state index in [0.717, 1.165) is 47.9 Å². The summed E-state index contributed by atoms with van der Waals surface area (Å²) in [6.07, 6.45) is 6.96. The van der Waals surface area contributed by atoms with E-state index >= 15 is 0 Å². The summed E-state index contributed by atoms with van der Waals surface area (Å²) in [6.45, 7) is 11.2. The number of aliphatic imine (C=N–C) groups is 2. The number of phenolic OH excluding ortho intramolecular Hbond substituents is 2. The van der Waals surface area contributed by atoms with Crippen LogP contribution in [0.15, 0.2) is 82.8 Å². The molecule has 0 aromatic heterocycles. The Morgan fingerprint density at radius 1 is 0.375 bits per heavy atom. The van der Waals surface area contributed by atoms with Crippen molar-refractivity contribution < 1.29 is 86.0 Å². The van der Waals surface area contributed by atoms with Gasteiger partial charge < -0.3 is 86.0 Å². The zero-order valence-electron chi connectivity index (χ0n) is 47.4. The molecule has 80 heavy (non-hydrogen) atoms. The molecular formula is C60H86N2O18. The van der Waals surface area contributed by atoms with Crippen LogP contribution in [-0.4, -0.2) is 222 Å². The Kier molecular flexibility index (Phi) is 33.9. The lowest BCUT2D eigenvalue weighted by Gasteiger charge is -2.25. The molecule has 1 fully saturated rings. The standard InChI is InChI=1S/C60H86N2O18/c1-65-17-19-69-21-23-71-25-27-73-29-31-75-33-35-77-37-39-79-55-15-9-5-11-51(55)47-41-49(59(63)57(43-47)67-3)45-61-53-13-7-8-14-54(53)62-46-50-42-48(44-58(68-4)60(50)64)52-12-6-10-16-56(52)80-40-38-78-36-34-76-32-30-74-28-26-72-24-22-70-20-18-66-2/h5-6,9-12,15-16,41-46,53-54,63-64H,7-8,13-14,17-40H2,1-4H3. The van der Waals surface area contributed by atoms with Crippen LogP contribution in [0, 0.1) is 0 Å². The van der Waals surface area contributed by atoms with Crippen molar-refractivity contribution >= 4 is 12.4 Å².